The molecule has 1 fully saturated rings. The van der Waals surface area contributed by atoms with Crippen molar-refractivity contribution in [3.05, 3.63) is 64.6 Å². The molecule has 2 aromatic rings. The molecule has 3 nitrogen and oxygen atoms in total. The lowest BCUT2D eigenvalue weighted by molar-refractivity contribution is 0.0769. The first kappa shape index (κ1) is 21.4. The Hall–Kier alpha value is -2.49. The van der Waals surface area contributed by atoms with Crippen molar-refractivity contribution in [2.45, 2.75) is 64.4 Å². The van der Waals surface area contributed by atoms with Gasteiger partial charge in [-0.1, -0.05) is 19.1 Å². The number of aryl methyl sites for hydroxylation is 1. The molecule has 0 radical (unpaired) electrons. The number of methoxy groups -OCH3 is 1. The number of hydrogen-bond donors (Lipinski definition) is 0. The molecule has 0 aromatic heterocycles. The van der Waals surface area contributed by atoms with E-state index in [2.05, 4.69) is 37.8 Å². The van der Waals surface area contributed by atoms with E-state index >= 15 is 0 Å². The third-order valence-corrected chi connectivity index (χ3v) is 7.57. The van der Waals surface area contributed by atoms with Crippen molar-refractivity contribution in [2.75, 3.05) is 20.2 Å². The molecular formula is C28H34FNO2. The van der Waals surface area contributed by atoms with Gasteiger partial charge in [0, 0.05) is 13.1 Å². The molecule has 0 amide bonds. The lowest BCUT2D eigenvalue weighted by Gasteiger charge is -2.51. The van der Waals surface area contributed by atoms with Crippen LogP contribution >= 0.6 is 0 Å². The minimum atomic E-state index is -0.323. The van der Waals surface area contributed by atoms with Crippen LogP contribution in [-0.4, -0.2) is 30.7 Å². The average molecular weight is 436 g/mol. The Morgan fingerprint density at radius 2 is 1.88 bits per heavy atom. The van der Waals surface area contributed by atoms with Gasteiger partial charge < -0.3 is 14.4 Å². The molecule has 0 spiro atoms. The molecule has 170 valence electrons. The van der Waals surface area contributed by atoms with Crippen LogP contribution in [0.2, 0.25) is 0 Å². The van der Waals surface area contributed by atoms with Crippen molar-refractivity contribution < 1.29 is 13.9 Å². The van der Waals surface area contributed by atoms with Gasteiger partial charge in [-0.15, -0.1) is 0 Å². The standard InChI is InChI=1S/C28H34FNO2/c1-18(6-5-7-19-8-10-22(29)11-9-19)21-16-23(31-4)26-24(17-21)32-28(2,3)27-25(26)20-12-14-30(27)15-13-20/h8-11,16-18,20H,5-7,12-15H2,1-4H3. The number of benzene rings is 2. The summed E-state index contributed by atoms with van der Waals surface area (Å²) in [5, 5.41) is 0. The second-order valence-corrected chi connectivity index (χ2v) is 10.2. The highest BCUT2D eigenvalue weighted by Crippen LogP contribution is 2.55. The Balaban J connectivity index is 1.42. The van der Waals surface area contributed by atoms with Gasteiger partial charge in [0.25, 0.3) is 0 Å². The van der Waals surface area contributed by atoms with Gasteiger partial charge in [-0.3, -0.25) is 0 Å². The summed E-state index contributed by atoms with van der Waals surface area (Å²) in [7, 11) is 1.78. The van der Waals surface area contributed by atoms with E-state index in [0.717, 1.165) is 43.9 Å². The number of ether oxygens (including phenoxy) is 2. The highest BCUT2D eigenvalue weighted by Gasteiger charge is 2.46. The zero-order valence-electron chi connectivity index (χ0n) is 19.7. The molecule has 2 bridgehead atoms. The number of nitrogens with zero attached hydrogens (tertiary/aromatic N) is 1. The van der Waals surface area contributed by atoms with Crippen LogP contribution in [0.25, 0.3) is 5.57 Å². The first-order valence-corrected chi connectivity index (χ1v) is 12.0. The fraction of sp³-hybridized carbons (Fsp3) is 0.500. The Bertz CT molecular complexity index is 1030. The van der Waals surface area contributed by atoms with Crippen molar-refractivity contribution in [1.29, 1.82) is 0 Å². The van der Waals surface area contributed by atoms with Gasteiger partial charge in [-0.05, 0) is 98.8 Å². The van der Waals surface area contributed by atoms with Gasteiger partial charge in [0.05, 0.1) is 18.4 Å². The Morgan fingerprint density at radius 3 is 2.56 bits per heavy atom. The van der Waals surface area contributed by atoms with Gasteiger partial charge in [-0.2, -0.15) is 0 Å². The fourth-order valence-electron chi connectivity index (χ4n) is 5.94. The fourth-order valence-corrected chi connectivity index (χ4v) is 5.94. The number of halogens is 1. The van der Waals surface area contributed by atoms with Crippen molar-refractivity contribution in [2.24, 2.45) is 5.92 Å². The molecule has 2 aromatic carbocycles. The minimum absolute atomic E-state index is 0.174. The van der Waals surface area contributed by atoms with Crippen LogP contribution < -0.4 is 9.47 Å². The summed E-state index contributed by atoms with van der Waals surface area (Å²) in [6, 6.07) is 11.3. The largest absolute Gasteiger partial charge is 0.496 e. The second-order valence-electron chi connectivity index (χ2n) is 10.2. The number of piperidine rings is 1. The average Bonchev–Trinajstić information content (AvgIpc) is 2.79. The molecule has 4 heteroatoms. The zero-order valence-corrected chi connectivity index (χ0v) is 19.7. The number of hydrogen-bond acceptors (Lipinski definition) is 3. The summed E-state index contributed by atoms with van der Waals surface area (Å²) in [4.78, 5) is 2.53. The Kier molecular flexibility index (Phi) is 5.43. The van der Waals surface area contributed by atoms with Crippen LogP contribution in [0.3, 0.4) is 0 Å². The van der Waals surface area contributed by atoms with E-state index in [-0.39, 0.29) is 11.4 Å². The van der Waals surface area contributed by atoms with Crippen LogP contribution in [0, 0.1) is 11.7 Å². The summed E-state index contributed by atoms with van der Waals surface area (Å²) < 4.78 is 25.7. The van der Waals surface area contributed by atoms with Crippen LogP contribution in [-0.2, 0) is 6.42 Å². The summed E-state index contributed by atoms with van der Waals surface area (Å²) in [6.07, 6.45) is 5.53. The van der Waals surface area contributed by atoms with Crippen LogP contribution in [0.5, 0.6) is 11.5 Å². The smallest absolute Gasteiger partial charge is 0.143 e. The van der Waals surface area contributed by atoms with E-state index in [4.69, 9.17) is 9.47 Å². The van der Waals surface area contributed by atoms with Crippen molar-refractivity contribution >= 4 is 5.57 Å². The molecule has 32 heavy (non-hydrogen) atoms. The van der Waals surface area contributed by atoms with Crippen LogP contribution in [0.1, 0.15) is 69.1 Å². The van der Waals surface area contributed by atoms with Gasteiger partial charge in [-0.25, -0.2) is 4.39 Å². The van der Waals surface area contributed by atoms with E-state index in [0.29, 0.717) is 11.8 Å². The van der Waals surface area contributed by atoms with E-state index in [9.17, 15) is 4.39 Å². The highest BCUT2D eigenvalue weighted by atomic mass is 19.1. The first-order chi connectivity index (χ1) is 15.4. The maximum Gasteiger partial charge on any atom is 0.143 e. The molecule has 1 atom stereocenters. The van der Waals surface area contributed by atoms with Crippen molar-refractivity contribution in [1.82, 2.24) is 4.90 Å². The Labute approximate surface area is 191 Å². The molecular weight excluding hydrogens is 401 g/mol. The van der Waals surface area contributed by atoms with Gasteiger partial charge >= 0.3 is 0 Å². The predicted molar refractivity (Wildman–Crippen MR) is 127 cm³/mol. The summed E-state index contributed by atoms with van der Waals surface area (Å²) >= 11 is 0. The zero-order chi connectivity index (χ0) is 22.5. The lowest BCUT2D eigenvalue weighted by atomic mass is 9.73. The summed E-state index contributed by atoms with van der Waals surface area (Å²) in [6.45, 7) is 8.96. The highest BCUT2D eigenvalue weighted by molar-refractivity contribution is 5.83. The minimum Gasteiger partial charge on any atom is -0.496 e. The molecule has 4 aliphatic rings. The topological polar surface area (TPSA) is 21.7 Å². The first-order valence-electron chi connectivity index (χ1n) is 12.0. The molecule has 1 unspecified atom stereocenters. The third-order valence-electron chi connectivity index (χ3n) is 7.57. The summed E-state index contributed by atoms with van der Waals surface area (Å²) in [5.74, 6) is 2.74. The molecule has 0 aliphatic carbocycles. The molecule has 6 rings (SSSR count). The molecule has 0 N–H and O–H groups in total. The van der Waals surface area contributed by atoms with Gasteiger partial charge in [0.1, 0.15) is 22.9 Å². The van der Waals surface area contributed by atoms with E-state index in [1.807, 2.05) is 12.1 Å². The molecule has 1 saturated heterocycles. The monoisotopic (exact) mass is 435 g/mol. The SMILES string of the molecule is COc1cc(C(C)CCCc2ccc(F)cc2)cc2c1C1=C(N3CCC1CC3)C(C)(C)O2. The molecule has 4 heterocycles. The molecule has 0 saturated carbocycles. The number of rotatable bonds is 6. The normalized spacial score (nSPS) is 20.0. The predicted octanol–water partition coefficient (Wildman–Crippen LogP) is 6.57. The maximum atomic E-state index is 13.1. The lowest BCUT2D eigenvalue weighted by Crippen LogP contribution is -2.51. The van der Waals surface area contributed by atoms with Gasteiger partial charge in [0.15, 0.2) is 0 Å². The van der Waals surface area contributed by atoms with Crippen molar-refractivity contribution in [3.63, 3.8) is 0 Å². The Morgan fingerprint density at radius 1 is 1.16 bits per heavy atom. The van der Waals surface area contributed by atoms with E-state index in [1.54, 1.807) is 19.2 Å². The van der Waals surface area contributed by atoms with Gasteiger partial charge in [0.2, 0.25) is 0 Å². The van der Waals surface area contributed by atoms with Crippen LogP contribution in [0.15, 0.2) is 42.1 Å². The van der Waals surface area contributed by atoms with E-state index < -0.39 is 0 Å². The quantitative estimate of drug-likeness (QED) is 0.512. The second kappa shape index (κ2) is 8.13. The third kappa shape index (κ3) is 3.68. The van der Waals surface area contributed by atoms with Crippen molar-refractivity contribution in [3.8, 4) is 11.5 Å². The van der Waals surface area contributed by atoms with Crippen LogP contribution in [0.4, 0.5) is 4.39 Å². The molecule has 4 aliphatic heterocycles. The summed E-state index contributed by atoms with van der Waals surface area (Å²) in [5.41, 5.74) is 6.14. The number of allylic oxidation sites excluding steroid dienone is 1. The van der Waals surface area contributed by atoms with E-state index in [1.165, 1.54) is 40.8 Å². The number of fused-ring (bicyclic) bond motifs is 3. The maximum absolute atomic E-state index is 13.1.